The van der Waals surface area contributed by atoms with Gasteiger partial charge in [0.15, 0.2) is 0 Å². The van der Waals surface area contributed by atoms with Crippen LogP contribution in [0.4, 0.5) is 20.2 Å². The Morgan fingerprint density at radius 3 is 2.43 bits per heavy atom. The van der Waals surface area contributed by atoms with Crippen LogP contribution in [-0.2, 0) is 10.0 Å². The maximum absolute atomic E-state index is 13.7. The lowest BCUT2D eigenvalue weighted by Crippen LogP contribution is -2.16. The van der Waals surface area contributed by atoms with Gasteiger partial charge in [-0.1, -0.05) is 11.6 Å². The number of hydrogen-bond acceptors (Lipinski definition) is 3. The molecule has 0 aromatic heterocycles. The van der Waals surface area contributed by atoms with E-state index in [0.29, 0.717) is 16.7 Å². The third-order valence-electron chi connectivity index (χ3n) is 2.77. The number of nitrogens with one attached hydrogen (secondary N) is 1. The lowest BCUT2D eigenvalue weighted by atomic mass is 10.2. The van der Waals surface area contributed by atoms with E-state index in [0.717, 1.165) is 6.07 Å². The molecule has 0 amide bonds. The van der Waals surface area contributed by atoms with Crippen molar-refractivity contribution in [3.63, 3.8) is 0 Å². The molecular formula is C13H11ClF2N2O2S. The van der Waals surface area contributed by atoms with Crippen LogP contribution in [0.2, 0.25) is 5.02 Å². The van der Waals surface area contributed by atoms with Crippen molar-refractivity contribution in [2.45, 2.75) is 11.8 Å². The minimum absolute atomic E-state index is 0.238. The smallest absolute Gasteiger partial charge is 0.264 e. The minimum atomic E-state index is -4.23. The van der Waals surface area contributed by atoms with Gasteiger partial charge in [0, 0.05) is 11.1 Å². The van der Waals surface area contributed by atoms with Crippen molar-refractivity contribution < 1.29 is 17.2 Å². The number of rotatable bonds is 3. The van der Waals surface area contributed by atoms with Crippen LogP contribution in [0.5, 0.6) is 0 Å². The van der Waals surface area contributed by atoms with E-state index < -0.39 is 32.2 Å². The Bertz CT molecular complexity index is 810. The molecule has 112 valence electrons. The molecule has 0 radical (unpaired) electrons. The van der Waals surface area contributed by atoms with Crippen LogP contribution in [0.3, 0.4) is 0 Å². The predicted octanol–water partition coefficient (Wildman–Crippen LogP) is 3.31. The van der Waals surface area contributed by atoms with Crippen LogP contribution >= 0.6 is 11.6 Å². The number of nitrogens with two attached hydrogens (primary N) is 1. The van der Waals surface area contributed by atoms with Gasteiger partial charge in [0.05, 0.1) is 11.4 Å². The van der Waals surface area contributed by atoms with Crippen molar-refractivity contribution >= 4 is 33.0 Å². The molecule has 2 aromatic carbocycles. The van der Waals surface area contributed by atoms with Crippen LogP contribution in [0.15, 0.2) is 35.2 Å². The van der Waals surface area contributed by atoms with Crippen molar-refractivity contribution in [1.29, 1.82) is 0 Å². The zero-order valence-corrected chi connectivity index (χ0v) is 12.4. The number of anilines is 2. The van der Waals surface area contributed by atoms with E-state index in [4.69, 9.17) is 17.3 Å². The Hall–Kier alpha value is -1.86. The highest BCUT2D eigenvalue weighted by molar-refractivity contribution is 7.92. The summed E-state index contributed by atoms with van der Waals surface area (Å²) in [5.41, 5.74) is 5.62. The highest BCUT2D eigenvalue weighted by Crippen LogP contribution is 2.26. The fourth-order valence-electron chi connectivity index (χ4n) is 1.69. The molecule has 0 saturated heterocycles. The van der Waals surface area contributed by atoms with Crippen LogP contribution in [0.1, 0.15) is 5.56 Å². The van der Waals surface area contributed by atoms with E-state index in [9.17, 15) is 17.2 Å². The third-order valence-corrected chi connectivity index (χ3v) is 4.39. The van der Waals surface area contributed by atoms with Gasteiger partial charge in [0.25, 0.3) is 10.0 Å². The summed E-state index contributed by atoms with van der Waals surface area (Å²) < 4.78 is 53.3. The molecular weight excluding hydrogens is 322 g/mol. The molecule has 4 nitrogen and oxygen atoms in total. The number of hydrogen-bond donors (Lipinski definition) is 2. The normalized spacial score (nSPS) is 11.4. The number of benzene rings is 2. The summed E-state index contributed by atoms with van der Waals surface area (Å²) in [5, 5.41) is 0.438. The van der Waals surface area contributed by atoms with Gasteiger partial charge in [-0.15, -0.1) is 0 Å². The minimum Gasteiger partial charge on any atom is -0.396 e. The molecule has 0 unspecified atom stereocenters. The van der Waals surface area contributed by atoms with E-state index in [1.807, 2.05) is 0 Å². The molecule has 0 spiro atoms. The number of nitrogen functional groups attached to an aromatic ring is 1. The van der Waals surface area contributed by atoms with E-state index in [1.54, 1.807) is 13.0 Å². The molecule has 0 heterocycles. The van der Waals surface area contributed by atoms with E-state index in [1.165, 1.54) is 12.1 Å². The van der Waals surface area contributed by atoms with E-state index >= 15 is 0 Å². The second-order valence-corrected chi connectivity index (χ2v) is 6.46. The lowest BCUT2D eigenvalue weighted by molar-refractivity contribution is 0.553. The number of halogens is 3. The highest BCUT2D eigenvalue weighted by Gasteiger charge is 2.22. The van der Waals surface area contributed by atoms with Crippen LogP contribution in [-0.4, -0.2) is 8.42 Å². The van der Waals surface area contributed by atoms with Crippen LogP contribution < -0.4 is 10.5 Å². The third kappa shape index (κ3) is 3.25. The van der Waals surface area contributed by atoms with E-state index in [-0.39, 0.29) is 5.69 Å². The molecule has 8 heteroatoms. The SMILES string of the molecule is Cc1cc(Cl)ccc1NS(=O)(=O)c1cc(N)c(F)cc1F. The Kier molecular flexibility index (Phi) is 4.06. The fourth-order valence-corrected chi connectivity index (χ4v) is 3.15. The second kappa shape index (κ2) is 5.50. The van der Waals surface area contributed by atoms with Crippen LogP contribution in [0.25, 0.3) is 0 Å². The Morgan fingerprint density at radius 2 is 1.81 bits per heavy atom. The molecule has 0 bridgehead atoms. The quantitative estimate of drug-likeness (QED) is 0.847. The summed E-state index contributed by atoms with van der Waals surface area (Å²) in [4.78, 5) is -0.726. The average molecular weight is 333 g/mol. The van der Waals surface area contributed by atoms with Crippen molar-refractivity contribution in [1.82, 2.24) is 0 Å². The average Bonchev–Trinajstić information content (AvgIpc) is 2.37. The monoisotopic (exact) mass is 332 g/mol. The molecule has 0 aliphatic heterocycles. The number of aryl methyl sites for hydroxylation is 1. The van der Waals surface area contributed by atoms with Crippen LogP contribution in [0, 0.1) is 18.6 Å². The second-order valence-electron chi connectivity index (χ2n) is 4.37. The Labute approximate surface area is 125 Å². The number of sulfonamides is 1. The zero-order valence-electron chi connectivity index (χ0n) is 10.8. The summed E-state index contributed by atoms with van der Waals surface area (Å²) >= 11 is 5.77. The first kappa shape index (κ1) is 15.5. The molecule has 0 fully saturated rings. The molecule has 0 aliphatic rings. The van der Waals surface area contributed by atoms with Gasteiger partial charge in [0.1, 0.15) is 16.5 Å². The van der Waals surface area contributed by atoms with Gasteiger partial charge in [-0.2, -0.15) is 0 Å². The maximum Gasteiger partial charge on any atom is 0.264 e. The molecule has 2 rings (SSSR count). The zero-order chi connectivity index (χ0) is 15.8. The van der Waals surface area contributed by atoms with Gasteiger partial charge < -0.3 is 5.73 Å². The van der Waals surface area contributed by atoms with Crippen molar-refractivity contribution in [2.75, 3.05) is 10.5 Å². The fraction of sp³-hybridized carbons (Fsp3) is 0.0769. The van der Waals surface area contributed by atoms with Gasteiger partial charge in [0.2, 0.25) is 0 Å². The van der Waals surface area contributed by atoms with Gasteiger partial charge in [-0.25, -0.2) is 17.2 Å². The van der Waals surface area contributed by atoms with Crippen molar-refractivity contribution in [2.24, 2.45) is 0 Å². The molecule has 3 N–H and O–H groups in total. The first-order chi connectivity index (χ1) is 9.70. The molecule has 21 heavy (non-hydrogen) atoms. The van der Waals surface area contributed by atoms with Gasteiger partial charge >= 0.3 is 0 Å². The lowest BCUT2D eigenvalue weighted by Gasteiger charge is -2.12. The van der Waals surface area contributed by atoms with Crippen molar-refractivity contribution in [3.05, 3.63) is 52.6 Å². The highest BCUT2D eigenvalue weighted by atomic mass is 35.5. The Balaban J connectivity index is 2.46. The van der Waals surface area contributed by atoms with Gasteiger partial charge in [-0.3, -0.25) is 4.72 Å². The van der Waals surface area contributed by atoms with E-state index in [2.05, 4.69) is 4.72 Å². The van der Waals surface area contributed by atoms with Crippen molar-refractivity contribution in [3.8, 4) is 0 Å². The first-order valence-corrected chi connectivity index (χ1v) is 7.60. The first-order valence-electron chi connectivity index (χ1n) is 5.74. The summed E-state index contributed by atoms with van der Waals surface area (Å²) in [5.74, 6) is -2.24. The maximum atomic E-state index is 13.7. The molecule has 0 atom stereocenters. The van der Waals surface area contributed by atoms with Gasteiger partial charge in [-0.05, 0) is 36.8 Å². The summed E-state index contributed by atoms with van der Waals surface area (Å²) in [6.07, 6.45) is 0. The summed E-state index contributed by atoms with van der Waals surface area (Å²) in [6.45, 7) is 1.64. The molecule has 0 saturated carbocycles. The summed E-state index contributed by atoms with van der Waals surface area (Å²) in [6, 6.07) is 5.65. The summed E-state index contributed by atoms with van der Waals surface area (Å²) in [7, 11) is -4.23. The largest absolute Gasteiger partial charge is 0.396 e. The Morgan fingerprint density at radius 1 is 1.14 bits per heavy atom. The topological polar surface area (TPSA) is 72.2 Å². The standard InChI is InChI=1S/C13H11ClF2N2O2S/c1-7-4-8(14)2-3-12(7)18-21(19,20)13-6-11(17)9(15)5-10(13)16/h2-6,18H,17H2,1H3. The predicted molar refractivity (Wildman–Crippen MR) is 77.8 cm³/mol. The molecule has 0 aliphatic carbocycles. The molecule has 2 aromatic rings.